The first kappa shape index (κ1) is 20.7. The molecular formula is C22H17Cl2NO4. The summed E-state index contributed by atoms with van der Waals surface area (Å²) in [5, 5.41) is 3.73. The van der Waals surface area contributed by atoms with Crippen LogP contribution in [0, 0.1) is 0 Å². The molecule has 1 N–H and O–H groups in total. The Morgan fingerprint density at radius 1 is 1.03 bits per heavy atom. The molecule has 0 radical (unpaired) electrons. The average molecular weight is 430 g/mol. The van der Waals surface area contributed by atoms with Crippen LogP contribution < -0.4 is 5.32 Å². The van der Waals surface area contributed by atoms with Crippen molar-refractivity contribution in [3.8, 4) is 11.3 Å². The minimum absolute atomic E-state index is 0.307. The van der Waals surface area contributed by atoms with Gasteiger partial charge in [-0.05, 0) is 67.6 Å². The third kappa shape index (κ3) is 5.73. The summed E-state index contributed by atoms with van der Waals surface area (Å²) >= 11 is 12.0. The van der Waals surface area contributed by atoms with Crippen molar-refractivity contribution in [2.45, 2.75) is 6.92 Å². The van der Waals surface area contributed by atoms with E-state index in [4.69, 9.17) is 32.4 Å². The van der Waals surface area contributed by atoms with Gasteiger partial charge < -0.3 is 14.5 Å². The largest absolute Gasteiger partial charge is 0.462 e. The summed E-state index contributed by atoms with van der Waals surface area (Å²) in [6.07, 6.45) is 2.91. The van der Waals surface area contributed by atoms with Crippen LogP contribution in [-0.2, 0) is 9.53 Å². The molecule has 0 bridgehead atoms. The van der Waals surface area contributed by atoms with Crippen LogP contribution in [0.1, 0.15) is 23.0 Å². The van der Waals surface area contributed by atoms with Crippen molar-refractivity contribution in [2.24, 2.45) is 0 Å². The number of halogens is 2. The van der Waals surface area contributed by atoms with Gasteiger partial charge in [-0.25, -0.2) is 4.79 Å². The molecular weight excluding hydrogens is 413 g/mol. The van der Waals surface area contributed by atoms with Gasteiger partial charge in [0.25, 0.3) is 0 Å². The highest BCUT2D eigenvalue weighted by atomic mass is 35.5. The van der Waals surface area contributed by atoms with E-state index < -0.39 is 5.97 Å². The number of esters is 1. The molecule has 0 aliphatic rings. The summed E-state index contributed by atoms with van der Waals surface area (Å²) in [6, 6.07) is 15.1. The van der Waals surface area contributed by atoms with E-state index in [0.29, 0.717) is 39.4 Å². The van der Waals surface area contributed by atoms with Gasteiger partial charge in [0.2, 0.25) is 5.91 Å². The third-order valence-electron chi connectivity index (χ3n) is 3.84. The molecule has 1 amide bonds. The van der Waals surface area contributed by atoms with Crippen molar-refractivity contribution < 1.29 is 18.7 Å². The second-order valence-corrected chi connectivity index (χ2v) is 6.85. The molecule has 29 heavy (non-hydrogen) atoms. The number of ether oxygens (including phenoxy) is 1. The van der Waals surface area contributed by atoms with Crippen LogP contribution in [0.15, 0.2) is 65.1 Å². The van der Waals surface area contributed by atoms with Gasteiger partial charge in [0.15, 0.2) is 0 Å². The fourth-order valence-electron chi connectivity index (χ4n) is 2.54. The highest BCUT2D eigenvalue weighted by Crippen LogP contribution is 2.28. The normalized spacial score (nSPS) is 10.9. The molecule has 1 aromatic heterocycles. The van der Waals surface area contributed by atoms with Crippen LogP contribution in [0.25, 0.3) is 17.4 Å². The van der Waals surface area contributed by atoms with E-state index in [1.165, 1.54) is 6.08 Å². The Kier molecular flexibility index (Phi) is 6.75. The molecule has 5 nitrogen and oxygen atoms in total. The average Bonchev–Trinajstić information content (AvgIpc) is 3.15. The lowest BCUT2D eigenvalue weighted by Gasteiger charge is -2.04. The van der Waals surface area contributed by atoms with E-state index in [2.05, 4.69) is 5.32 Å². The fourth-order valence-corrected chi connectivity index (χ4v) is 3.07. The van der Waals surface area contributed by atoms with Crippen LogP contribution in [0.2, 0.25) is 10.0 Å². The first-order valence-electron chi connectivity index (χ1n) is 8.77. The number of carbonyl (C=O) groups is 2. The predicted octanol–water partition coefficient (Wildman–Crippen LogP) is 6.08. The van der Waals surface area contributed by atoms with Crippen LogP contribution in [0.4, 0.5) is 5.69 Å². The van der Waals surface area contributed by atoms with Crippen molar-refractivity contribution in [1.82, 2.24) is 0 Å². The SMILES string of the molecule is CCOC(=O)c1ccc(NC(=O)/C=C/c2ccc(-c3cc(Cl)cc(Cl)c3)o2)cc1. The lowest BCUT2D eigenvalue weighted by Crippen LogP contribution is -2.08. The summed E-state index contributed by atoms with van der Waals surface area (Å²) in [5.41, 5.74) is 1.72. The molecule has 0 aliphatic carbocycles. The molecule has 0 saturated heterocycles. The zero-order valence-corrected chi connectivity index (χ0v) is 17.0. The van der Waals surface area contributed by atoms with Crippen LogP contribution in [0.3, 0.4) is 0 Å². The summed E-state index contributed by atoms with van der Waals surface area (Å²) in [6.45, 7) is 2.05. The summed E-state index contributed by atoms with van der Waals surface area (Å²) in [7, 11) is 0. The summed E-state index contributed by atoms with van der Waals surface area (Å²) in [4.78, 5) is 23.7. The van der Waals surface area contributed by atoms with Gasteiger partial charge in [0.1, 0.15) is 11.5 Å². The number of rotatable bonds is 6. The molecule has 0 fully saturated rings. The first-order chi connectivity index (χ1) is 13.9. The highest BCUT2D eigenvalue weighted by molar-refractivity contribution is 6.35. The molecule has 0 saturated carbocycles. The van der Waals surface area contributed by atoms with Gasteiger partial charge in [-0.2, -0.15) is 0 Å². The lowest BCUT2D eigenvalue weighted by atomic mass is 10.2. The van der Waals surface area contributed by atoms with E-state index in [1.54, 1.807) is 67.6 Å². The van der Waals surface area contributed by atoms with Crippen molar-refractivity contribution in [3.63, 3.8) is 0 Å². The van der Waals surface area contributed by atoms with Gasteiger partial charge in [0.05, 0.1) is 12.2 Å². The molecule has 1 heterocycles. The van der Waals surface area contributed by atoms with Crippen molar-refractivity contribution >= 4 is 46.8 Å². The smallest absolute Gasteiger partial charge is 0.338 e. The lowest BCUT2D eigenvalue weighted by molar-refractivity contribution is -0.111. The Morgan fingerprint density at radius 3 is 2.38 bits per heavy atom. The number of hydrogen-bond acceptors (Lipinski definition) is 4. The Hall–Kier alpha value is -3.02. The van der Waals surface area contributed by atoms with Gasteiger partial charge in [-0.1, -0.05) is 23.2 Å². The topological polar surface area (TPSA) is 68.5 Å². The molecule has 0 aliphatic heterocycles. The van der Waals surface area contributed by atoms with E-state index in [9.17, 15) is 9.59 Å². The Bertz CT molecular complexity index is 1030. The molecule has 148 valence electrons. The van der Waals surface area contributed by atoms with Crippen LogP contribution in [-0.4, -0.2) is 18.5 Å². The zero-order chi connectivity index (χ0) is 20.8. The van der Waals surface area contributed by atoms with Gasteiger partial charge in [-0.15, -0.1) is 0 Å². The van der Waals surface area contributed by atoms with E-state index >= 15 is 0 Å². The number of amides is 1. The molecule has 3 rings (SSSR count). The quantitative estimate of drug-likeness (QED) is 0.380. The summed E-state index contributed by atoms with van der Waals surface area (Å²) in [5.74, 6) is 0.352. The van der Waals surface area contributed by atoms with E-state index in [0.717, 1.165) is 5.56 Å². The number of nitrogens with one attached hydrogen (secondary N) is 1. The summed E-state index contributed by atoms with van der Waals surface area (Å²) < 4.78 is 10.6. The van der Waals surface area contributed by atoms with Gasteiger partial charge in [-0.3, -0.25) is 4.79 Å². The number of anilines is 1. The number of benzene rings is 2. The minimum Gasteiger partial charge on any atom is -0.462 e. The number of furan rings is 1. The third-order valence-corrected chi connectivity index (χ3v) is 4.27. The van der Waals surface area contributed by atoms with Gasteiger partial charge >= 0.3 is 5.97 Å². The number of carbonyl (C=O) groups excluding carboxylic acids is 2. The Balaban J connectivity index is 1.62. The molecule has 2 aromatic carbocycles. The highest BCUT2D eigenvalue weighted by Gasteiger charge is 2.08. The Morgan fingerprint density at radius 2 is 1.72 bits per heavy atom. The van der Waals surface area contributed by atoms with E-state index in [1.807, 2.05) is 0 Å². The predicted molar refractivity (Wildman–Crippen MR) is 114 cm³/mol. The molecule has 3 aromatic rings. The van der Waals surface area contributed by atoms with Crippen molar-refractivity contribution in [3.05, 3.63) is 82.0 Å². The second-order valence-electron chi connectivity index (χ2n) is 5.98. The molecule has 0 spiro atoms. The fraction of sp³-hybridized carbons (Fsp3) is 0.0909. The van der Waals surface area contributed by atoms with Crippen LogP contribution >= 0.6 is 23.2 Å². The maximum atomic E-state index is 12.1. The number of hydrogen-bond donors (Lipinski definition) is 1. The van der Waals surface area contributed by atoms with Gasteiger partial charge in [0, 0.05) is 27.4 Å². The monoisotopic (exact) mass is 429 g/mol. The molecule has 0 unspecified atom stereocenters. The zero-order valence-electron chi connectivity index (χ0n) is 15.4. The minimum atomic E-state index is -0.403. The maximum Gasteiger partial charge on any atom is 0.338 e. The van der Waals surface area contributed by atoms with Crippen molar-refractivity contribution in [2.75, 3.05) is 11.9 Å². The second kappa shape index (κ2) is 9.45. The van der Waals surface area contributed by atoms with E-state index in [-0.39, 0.29) is 5.91 Å². The van der Waals surface area contributed by atoms with Crippen LogP contribution in [0.5, 0.6) is 0 Å². The Labute approximate surface area is 177 Å². The molecule has 7 heteroatoms. The maximum absolute atomic E-state index is 12.1. The first-order valence-corrected chi connectivity index (χ1v) is 9.53. The standard InChI is InChI=1S/C22H17Cl2NO4/c1-2-28-22(27)14-3-5-18(6-4-14)25-21(26)10-8-19-7-9-20(29-19)15-11-16(23)13-17(24)12-15/h3-13H,2H2,1H3,(H,25,26)/b10-8+. The van der Waals surface area contributed by atoms with Crippen molar-refractivity contribution in [1.29, 1.82) is 0 Å². The molecule has 0 atom stereocenters.